The maximum absolute atomic E-state index is 12.8. The van der Waals surface area contributed by atoms with Gasteiger partial charge in [-0.15, -0.1) is 0 Å². The Kier molecular flexibility index (Phi) is 11.3. The number of benzene rings is 1. The number of carbonyl (C=O) groups is 1. The van der Waals surface area contributed by atoms with Crippen molar-refractivity contribution in [1.82, 2.24) is 0 Å². The van der Waals surface area contributed by atoms with E-state index in [1.54, 1.807) is 6.07 Å². The molecule has 0 amide bonds. The lowest BCUT2D eigenvalue weighted by Crippen LogP contribution is -2.18. The Labute approximate surface area is 190 Å². The summed E-state index contributed by atoms with van der Waals surface area (Å²) in [6.45, 7) is 4.37. The van der Waals surface area contributed by atoms with Crippen LogP contribution < -0.4 is 0 Å². The van der Waals surface area contributed by atoms with Gasteiger partial charge < -0.3 is 9.47 Å². The van der Waals surface area contributed by atoms with E-state index in [-0.39, 0.29) is 18.2 Å². The van der Waals surface area contributed by atoms with Crippen molar-refractivity contribution in [3.8, 4) is 0 Å². The number of aryl methyl sites for hydroxylation is 1. The van der Waals surface area contributed by atoms with E-state index < -0.39 is 11.7 Å². The zero-order valence-corrected chi connectivity index (χ0v) is 19.3. The normalized spacial score (nSPS) is 19.2. The highest BCUT2D eigenvalue weighted by Crippen LogP contribution is 2.32. The third kappa shape index (κ3) is 10.2. The summed E-state index contributed by atoms with van der Waals surface area (Å²) in [5, 5.41) is 0. The molecule has 0 unspecified atom stereocenters. The summed E-state index contributed by atoms with van der Waals surface area (Å²) in [6, 6.07) is 5.58. The molecule has 0 bridgehead atoms. The Hall–Kier alpha value is -1.82. The highest BCUT2D eigenvalue weighted by molar-refractivity contribution is 5.69. The molecule has 1 fully saturated rings. The molecule has 180 valence electrons. The number of hydrogen-bond acceptors (Lipinski definition) is 3. The Bertz CT molecular complexity index is 713. The summed E-state index contributed by atoms with van der Waals surface area (Å²) in [5.41, 5.74) is 0.143. The number of unbranched alkanes of at least 4 members (excludes halogenated alkanes) is 2. The largest absolute Gasteiger partial charge is 0.463 e. The number of halogens is 3. The minimum Gasteiger partial charge on any atom is -0.463 e. The van der Waals surface area contributed by atoms with Crippen LogP contribution in [0.15, 0.2) is 36.4 Å². The fourth-order valence-electron chi connectivity index (χ4n) is 4.14. The van der Waals surface area contributed by atoms with Crippen molar-refractivity contribution >= 4 is 5.97 Å². The quantitative estimate of drug-likeness (QED) is 0.178. The molecule has 32 heavy (non-hydrogen) atoms. The fourth-order valence-corrected chi connectivity index (χ4v) is 4.14. The van der Waals surface area contributed by atoms with Crippen molar-refractivity contribution < 1.29 is 27.4 Å². The molecule has 0 N–H and O–H groups in total. The Morgan fingerprint density at radius 3 is 2.72 bits per heavy atom. The topological polar surface area (TPSA) is 35.5 Å². The van der Waals surface area contributed by atoms with Gasteiger partial charge in [0.05, 0.1) is 17.8 Å². The van der Waals surface area contributed by atoms with Crippen LogP contribution in [0.2, 0.25) is 0 Å². The average molecular weight is 455 g/mol. The van der Waals surface area contributed by atoms with Crippen LogP contribution in [-0.4, -0.2) is 24.8 Å². The fraction of sp³-hybridized carbons (Fsp3) is 0.654. The SMILES string of the molecule is CC(C)OC(=O)CCC/C=C\C[C@H]1CCC[C@@H]1OCCCCc1cccc(C(F)(F)F)c1. The van der Waals surface area contributed by atoms with Crippen LogP contribution in [0.1, 0.15) is 82.8 Å². The van der Waals surface area contributed by atoms with E-state index in [0.29, 0.717) is 25.4 Å². The van der Waals surface area contributed by atoms with E-state index in [4.69, 9.17) is 9.47 Å². The maximum Gasteiger partial charge on any atom is 0.416 e. The van der Waals surface area contributed by atoms with Crippen molar-refractivity contribution in [2.24, 2.45) is 5.92 Å². The lowest BCUT2D eigenvalue weighted by Gasteiger charge is -2.19. The lowest BCUT2D eigenvalue weighted by molar-refractivity contribution is -0.147. The molecule has 0 radical (unpaired) electrons. The summed E-state index contributed by atoms with van der Waals surface area (Å²) in [4.78, 5) is 11.5. The molecular formula is C26H37F3O3. The number of ether oxygens (including phenoxy) is 2. The molecule has 1 saturated carbocycles. The zero-order valence-electron chi connectivity index (χ0n) is 19.3. The number of alkyl halides is 3. The number of allylic oxidation sites excluding steroid dienone is 2. The lowest BCUT2D eigenvalue weighted by atomic mass is 10.0. The molecule has 0 saturated heterocycles. The summed E-state index contributed by atoms with van der Waals surface area (Å²) >= 11 is 0. The molecule has 1 aromatic rings. The van der Waals surface area contributed by atoms with Crippen LogP contribution in [0.3, 0.4) is 0 Å². The molecule has 6 heteroatoms. The van der Waals surface area contributed by atoms with Gasteiger partial charge in [-0.1, -0.05) is 36.8 Å². The molecule has 0 heterocycles. The van der Waals surface area contributed by atoms with Crippen LogP contribution in [-0.2, 0) is 26.9 Å². The predicted octanol–water partition coefficient (Wildman–Crippen LogP) is 7.28. The Morgan fingerprint density at radius 2 is 1.97 bits per heavy atom. The first kappa shape index (κ1) is 26.4. The molecule has 0 spiro atoms. The van der Waals surface area contributed by atoms with Gasteiger partial charge in [0.2, 0.25) is 0 Å². The van der Waals surface area contributed by atoms with Crippen molar-refractivity contribution in [1.29, 1.82) is 0 Å². The molecule has 0 aliphatic heterocycles. The number of hydrogen-bond donors (Lipinski definition) is 0. The van der Waals surface area contributed by atoms with Gasteiger partial charge in [0.25, 0.3) is 0 Å². The summed E-state index contributed by atoms with van der Waals surface area (Å²) < 4.78 is 49.6. The molecule has 2 atom stereocenters. The van der Waals surface area contributed by atoms with Crippen molar-refractivity contribution in [2.45, 2.75) is 96.4 Å². The molecule has 1 aliphatic carbocycles. The molecule has 3 nitrogen and oxygen atoms in total. The number of carbonyl (C=O) groups excluding carboxylic acids is 1. The Balaban J connectivity index is 1.59. The van der Waals surface area contributed by atoms with E-state index in [1.807, 2.05) is 13.8 Å². The minimum atomic E-state index is -4.29. The zero-order chi connectivity index (χ0) is 23.4. The molecule has 2 rings (SSSR count). The Morgan fingerprint density at radius 1 is 1.16 bits per heavy atom. The van der Waals surface area contributed by atoms with E-state index in [9.17, 15) is 18.0 Å². The number of esters is 1. The standard InChI is InChI=1S/C26H37F3O3/c1-20(2)32-25(30)17-6-4-3-5-13-22-14-10-16-24(22)31-18-8-7-11-21-12-9-15-23(19-21)26(27,28)29/h3,5,9,12,15,19-20,22,24H,4,6-8,10-11,13-14,16-18H2,1-2H3/b5-3-/t22-,24-/m0/s1. The van der Waals surface area contributed by atoms with E-state index in [0.717, 1.165) is 50.2 Å². The van der Waals surface area contributed by atoms with Gasteiger partial charge in [0.15, 0.2) is 0 Å². The summed E-state index contributed by atoms with van der Waals surface area (Å²) in [6.07, 6.45) is 9.12. The second-order valence-electron chi connectivity index (χ2n) is 8.89. The van der Waals surface area contributed by atoms with Gasteiger partial charge in [-0.2, -0.15) is 13.2 Å². The van der Waals surface area contributed by atoms with Crippen LogP contribution >= 0.6 is 0 Å². The van der Waals surface area contributed by atoms with E-state index in [2.05, 4.69) is 12.2 Å². The summed E-state index contributed by atoms with van der Waals surface area (Å²) in [5.74, 6) is 0.395. The van der Waals surface area contributed by atoms with Crippen LogP contribution in [0.4, 0.5) is 13.2 Å². The summed E-state index contributed by atoms with van der Waals surface area (Å²) in [7, 11) is 0. The molecular weight excluding hydrogens is 417 g/mol. The smallest absolute Gasteiger partial charge is 0.416 e. The second kappa shape index (κ2) is 13.7. The first-order valence-electron chi connectivity index (χ1n) is 11.9. The highest BCUT2D eigenvalue weighted by atomic mass is 19.4. The minimum absolute atomic E-state index is 0.0575. The van der Waals surface area contributed by atoms with Crippen molar-refractivity contribution in [3.63, 3.8) is 0 Å². The van der Waals surface area contributed by atoms with Gasteiger partial charge >= 0.3 is 12.1 Å². The molecule has 0 aromatic heterocycles. The van der Waals surface area contributed by atoms with Crippen LogP contribution in [0.5, 0.6) is 0 Å². The first-order valence-corrected chi connectivity index (χ1v) is 11.9. The second-order valence-corrected chi connectivity index (χ2v) is 8.89. The van der Waals surface area contributed by atoms with Crippen molar-refractivity contribution in [3.05, 3.63) is 47.5 Å². The van der Waals surface area contributed by atoms with Gasteiger partial charge in [0.1, 0.15) is 0 Å². The van der Waals surface area contributed by atoms with Crippen LogP contribution in [0.25, 0.3) is 0 Å². The van der Waals surface area contributed by atoms with E-state index >= 15 is 0 Å². The third-order valence-electron chi connectivity index (χ3n) is 5.76. The van der Waals surface area contributed by atoms with Crippen molar-refractivity contribution in [2.75, 3.05) is 6.61 Å². The van der Waals surface area contributed by atoms with Gasteiger partial charge in [-0.05, 0) is 82.8 Å². The number of rotatable bonds is 13. The van der Waals surface area contributed by atoms with Gasteiger partial charge in [-0.25, -0.2) is 0 Å². The molecule has 1 aliphatic rings. The first-order chi connectivity index (χ1) is 15.3. The average Bonchev–Trinajstić information content (AvgIpc) is 3.16. The van der Waals surface area contributed by atoms with Gasteiger partial charge in [0, 0.05) is 13.0 Å². The third-order valence-corrected chi connectivity index (χ3v) is 5.76. The monoisotopic (exact) mass is 454 g/mol. The van der Waals surface area contributed by atoms with E-state index in [1.165, 1.54) is 25.0 Å². The predicted molar refractivity (Wildman–Crippen MR) is 120 cm³/mol. The highest BCUT2D eigenvalue weighted by Gasteiger charge is 2.30. The maximum atomic E-state index is 12.8. The molecule has 1 aromatic carbocycles. The van der Waals surface area contributed by atoms with Crippen LogP contribution in [0, 0.1) is 5.92 Å². The van der Waals surface area contributed by atoms with Gasteiger partial charge in [-0.3, -0.25) is 4.79 Å².